The molecule has 4 rings (SSSR count). The summed E-state index contributed by atoms with van der Waals surface area (Å²) in [5.41, 5.74) is 2.61. The number of ether oxygens (including phenoxy) is 2. The lowest BCUT2D eigenvalue weighted by Gasteiger charge is -2.45. The highest BCUT2D eigenvalue weighted by molar-refractivity contribution is 9.10. The summed E-state index contributed by atoms with van der Waals surface area (Å²) in [7, 11) is 0. The predicted octanol–water partition coefficient (Wildman–Crippen LogP) is 6.59. The Labute approximate surface area is 220 Å². The highest BCUT2D eigenvalue weighted by Gasteiger charge is 2.38. The van der Waals surface area contributed by atoms with Crippen molar-refractivity contribution in [3.8, 4) is 16.2 Å². The first-order valence-electron chi connectivity index (χ1n) is 12.2. The van der Waals surface area contributed by atoms with Gasteiger partial charge in [-0.3, -0.25) is 9.59 Å². The van der Waals surface area contributed by atoms with Crippen LogP contribution in [0.5, 0.6) is 5.75 Å². The molecule has 0 unspecified atom stereocenters. The minimum atomic E-state index is -0.455. The van der Waals surface area contributed by atoms with Gasteiger partial charge < -0.3 is 19.7 Å². The van der Waals surface area contributed by atoms with Gasteiger partial charge in [-0.2, -0.15) is 0 Å². The van der Waals surface area contributed by atoms with Gasteiger partial charge in [-0.25, -0.2) is 0 Å². The van der Waals surface area contributed by atoms with Crippen LogP contribution in [0, 0.1) is 10.8 Å². The van der Waals surface area contributed by atoms with Crippen LogP contribution in [-0.2, 0) is 9.53 Å². The van der Waals surface area contributed by atoms with E-state index in [1.807, 2.05) is 12.1 Å². The minimum absolute atomic E-state index is 0.137. The Kier molecular flexibility index (Phi) is 7.65. The van der Waals surface area contributed by atoms with Crippen molar-refractivity contribution in [3.63, 3.8) is 0 Å². The molecule has 0 spiro atoms. The van der Waals surface area contributed by atoms with E-state index in [1.165, 1.54) is 24.7 Å². The molecule has 2 aromatic rings. The first-order valence-corrected chi connectivity index (χ1v) is 13.8. The summed E-state index contributed by atoms with van der Waals surface area (Å²) in [6.45, 7) is 12.8. The van der Waals surface area contributed by atoms with E-state index in [0.29, 0.717) is 58.3 Å². The molecule has 2 fully saturated rings. The number of morpholine rings is 1. The Balaban J connectivity index is 1.63. The largest absolute Gasteiger partial charge is 0.424 e. The van der Waals surface area contributed by atoms with Crippen LogP contribution in [0.1, 0.15) is 63.6 Å². The number of thiophene rings is 1. The molecule has 2 heterocycles. The van der Waals surface area contributed by atoms with Crippen molar-refractivity contribution in [2.24, 2.45) is 10.8 Å². The van der Waals surface area contributed by atoms with E-state index < -0.39 is 5.97 Å². The standard InChI is InChI=1S/C27H35BrN2O4S/c1-17(31)34-22-21(28)23(35-24(22)25(32)30-9-11-33-12-10-30)18-7-6-8-19(13-18)29-20-14-26(2,3)16-27(4,5)15-20/h6-8,13,20,29H,9-12,14-16H2,1-5H3. The number of nitrogens with one attached hydrogen (secondary N) is 1. The molecule has 0 atom stereocenters. The van der Waals surface area contributed by atoms with E-state index in [2.05, 4.69) is 61.1 Å². The van der Waals surface area contributed by atoms with E-state index in [4.69, 9.17) is 9.47 Å². The van der Waals surface area contributed by atoms with Crippen LogP contribution in [0.15, 0.2) is 28.7 Å². The molecule has 190 valence electrons. The molecule has 8 heteroatoms. The molecule has 1 aromatic heterocycles. The van der Waals surface area contributed by atoms with Crippen molar-refractivity contribution < 1.29 is 19.1 Å². The van der Waals surface area contributed by atoms with E-state index in [9.17, 15) is 9.59 Å². The second-order valence-corrected chi connectivity index (χ2v) is 13.1. The fraction of sp³-hybridized carbons (Fsp3) is 0.556. The fourth-order valence-electron chi connectivity index (χ4n) is 5.80. The van der Waals surface area contributed by atoms with Crippen LogP contribution in [-0.4, -0.2) is 49.1 Å². The smallest absolute Gasteiger partial charge is 0.308 e. The zero-order valence-electron chi connectivity index (χ0n) is 21.2. The van der Waals surface area contributed by atoms with Gasteiger partial charge in [0, 0.05) is 31.7 Å². The van der Waals surface area contributed by atoms with Gasteiger partial charge in [0.05, 0.1) is 22.6 Å². The summed E-state index contributed by atoms with van der Waals surface area (Å²) in [6.07, 6.45) is 3.47. The van der Waals surface area contributed by atoms with E-state index in [1.54, 1.807) is 4.90 Å². The lowest BCUT2D eigenvalue weighted by Crippen LogP contribution is -2.40. The minimum Gasteiger partial charge on any atom is -0.424 e. The maximum absolute atomic E-state index is 13.3. The van der Waals surface area contributed by atoms with Gasteiger partial charge in [0.2, 0.25) is 0 Å². The second-order valence-electron chi connectivity index (χ2n) is 11.2. The van der Waals surface area contributed by atoms with Crippen LogP contribution in [0.3, 0.4) is 0 Å². The van der Waals surface area contributed by atoms with Crippen molar-refractivity contribution in [3.05, 3.63) is 33.6 Å². The number of hydrogen-bond donors (Lipinski definition) is 1. The van der Waals surface area contributed by atoms with Gasteiger partial charge in [-0.1, -0.05) is 39.8 Å². The van der Waals surface area contributed by atoms with Crippen molar-refractivity contribution in [2.45, 2.75) is 59.9 Å². The average molecular weight is 564 g/mol. The lowest BCUT2D eigenvalue weighted by molar-refractivity contribution is -0.131. The lowest BCUT2D eigenvalue weighted by atomic mass is 9.63. The number of anilines is 1. The molecular formula is C27H35BrN2O4S. The van der Waals surface area contributed by atoms with Crippen molar-refractivity contribution in [2.75, 3.05) is 31.6 Å². The number of halogens is 1. The first-order chi connectivity index (χ1) is 16.4. The number of hydrogen-bond acceptors (Lipinski definition) is 6. The molecule has 1 aliphatic carbocycles. The van der Waals surface area contributed by atoms with Crippen LogP contribution >= 0.6 is 27.3 Å². The van der Waals surface area contributed by atoms with Crippen molar-refractivity contribution in [1.82, 2.24) is 4.90 Å². The third kappa shape index (κ3) is 6.27. The Morgan fingerprint density at radius 1 is 1.14 bits per heavy atom. The highest BCUT2D eigenvalue weighted by Crippen LogP contribution is 2.48. The summed E-state index contributed by atoms with van der Waals surface area (Å²) in [6, 6.07) is 8.65. The summed E-state index contributed by atoms with van der Waals surface area (Å²) in [5.74, 6) is -0.297. The Bertz CT molecular complexity index is 1090. The molecule has 1 aliphatic heterocycles. The predicted molar refractivity (Wildman–Crippen MR) is 144 cm³/mol. The summed E-state index contributed by atoms with van der Waals surface area (Å²) < 4.78 is 11.5. The number of rotatable bonds is 5. The highest BCUT2D eigenvalue weighted by atomic mass is 79.9. The van der Waals surface area contributed by atoms with Crippen LogP contribution in [0.4, 0.5) is 5.69 Å². The van der Waals surface area contributed by atoms with Gasteiger partial charge in [0.1, 0.15) is 4.88 Å². The third-order valence-corrected chi connectivity index (χ3v) is 8.83. The van der Waals surface area contributed by atoms with E-state index in [0.717, 1.165) is 29.0 Å². The molecule has 35 heavy (non-hydrogen) atoms. The van der Waals surface area contributed by atoms with Crippen molar-refractivity contribution in [1.29, 1.82) is 0 Å². The summed E-state index contributed by atoms with van der Waals surface area (Å²) >= 11 is 4.98. The molecular weight excluding hydrogens is 528 g/mol. The van der Waals surface area contributed by atoms with E-state index >= 15 is 0 Å². The average Bonchev–Trinajstić information content (AvgIpc) is 3.07. The Hall–Kier alpha value is -1.90. The molecule has 1 amide bonds. The maximum Gasteiger partial charge on any atom is 0.308 e. The molecule has 1 saturated heterocycles. The Morgan fingerprint density at radius 2 is 1.80 bits per heavy atom. The van der Waals surface area contributed by atoms with Crippen LogP contribution in [0.2, 0.25) is 0 Å². The van der Waals surface area contributed by atoms with Gasteiger partial charge in [0.25, 0.3) is 5.91 Å². The summed E-state index contributed by atoms with van der Waals surface area (Å²) in [4.78, 5) is 28.2. The molecule has 1 aromatic carbocycles. The number of amides is 1. The number of carbonyl (C=O) groups excluding carboxylic acids is 2. The molecule has 0 bridgehead atoms. The van der Waals surface area contributed by atoms with Gasteiger partial charge in [0.15, 0.2) is 5.75 Å². The topological polar surface area (TPSA) is 67.9 Å². The van der Waals surface area contributed by atoms with Crippen LogP contribution in [0.25, 0.3) is 10.4 Å². The normalized spacial score (nSPS) is 19.9. The second kappa shape index (κ2) is 10.2. The monoisotopic (exact) mass is 562 g/mol. The number of benzene rings is 1. The first kappa shape index (κ1) is 26.2. The van der Waals surface area contributed by atoms with Crippen molar-refractivity contribution >= 4 is 44.8 Å². The Morgan fingerprint density at radius 3 is 2.43 bits per heavy atom. The molecule has 6 nitrogen and oxygen atoms in total. The zero-order valence-corrected chi connectivity index (χ0v) is 23.6. The number of esters is 1. The summed E-state index contributed by atoms with van der Waals surface area (Å²) in [5, 5.41) is 3.76. The van der Waals surface area contributed by atoms with E-state index in [-0.39, 0.29) is 5.91 Å². The van der Waals surface area contributed by atoms with Crippen LogP contribution < -0.4 is 10.1 Å². The molecule has 0 radical (unpaired) electrons. The van der Waals surface area contributed by atoms with Gasteiger partial charge in [-0.15, -0.1) is 11.3 Å². The SMILES string of the molecule is CC(=O)Oc1c(C(=O)N2CCOCC2)sc(-c2cccc(NC3CC(C)(C)CC(C)(C)C3)c2)c1Br. The van der Waals surface area contributed by atoms with Gasteiger partial charge >= 0.3 is 5.97 Å². The number of carbonyl (C=O) groups is 2. The third-order valence-electron chi connectivity index (χ3n) is 6.60. The van der Waals surface area contributed by atoms with Gasteiger partial charge in [-0.05, 0) is 63.7 Å². The zero-order chi connectivity index (χ0) is 25.4. The molecule has 1 saturated carbocycles. The molecule has 1 N–H and O–H groups in total. The fourth-order valence-corrected chi connectivity index (χ4v) is 7.77. The quantitative estimate of drug-likeness (QED) is 0.416. The maximum atomic E-state index is 13.3. The molecule has 2 aliphatic rings. The number of nitrogens with zero attached hydrogens (tertiary/aromatic N) is 1.